The lowest BCUT2D eigenvalue weighted by Crippen LogP contribution is -2.51. The van der Waals surface area contributed by atoms with Gasteiger partial charge in [0.1, 0.15) is 4.21 Å². The number of nitrogens with zero attached hydrogens (tertiary/aromatic N) is 2. The number of morpholine rings is 1. The van der Waals surface area contributed by atoms with Crippen molar-refractivity contribution in [3.05, 3.63) is 16.2 Å². The van der Waals surface area contributed by atoms with E-state index in [0.29, 0.717) is 11.3 Å². The number of nitrogen functional groups attached to an aromatic ring is 1. The van der Waals surface area contributed by atoms with E-state index in [4.69, 9.17) is 15.6 Å². The number of ether oxygens (including phenoxy) is 1. The minimum absolute atomic E-state index is 0.00833. The first-order valence-electron chi connectivity index (χ1n) is 6.05. The molecule has 2 atom stereocenters. The molecule has 1 aliphatic heterocycles. The predicted octanol–water partition coefficient (Wildman–Crippen LogP) is 0.00880. The second-order valence-corrected chi connectivity index (χ2v) is 7.83. The van der Waals surface area contributed by atoms with Crippen molar-refractivity contribution < 1.29 is 23.2 Å². The quantitative estimate of drug-likeness (QED) is 0.583. The van der Waals surface area contributed by atoms with Crippen LogP contribution in [0.5, 0.6) is 0 Å². The van der Waals surface area contributed by atoms with E-state index in [2.05, 4.69) is 0 Å². The third kappa shape index (κ3) is 3.01. The van der Waals surface area contributed by atoms with Crippen molar-refractivity contribution in [3.63, 3.8) is 0 Å². The second kappa shape index (κ2) is 5.85. The van der Waals surface area contributed by atoms with Gasteiger partial charge < -0.3 is 15.6 Å². The summed E-state index contributed by atoms with van der Waals surface area (Å²) in [7, 11) is -3.91. The number of aliphatic hydroxyl groups excluding tert-OH is 1. The Morgan fingerprint density at radius 3 is 2.86 bits per heavy atom. The zero-order chi connectivity index (χ0) is 15.8. The number of hydrogen-bond acceptors (Lipinski definition) is 8. The number of thiophene rings is 1. The van der Waals surface area contributed by atoms with Crippen molar-refractivity contribution in [3.8, 4) is 0 Å². The molecular formula is C10H15N3O6S2. The molecule has 0 bridgehead atoms. The van der Waals surface area contributed by atoms with Gasteiger partial charge >= 0.3 is 5.69 Å². The van der Waals surface area contributed by atoms with Crippen LogP contribution in [0.4, 0.5) is 10.7 Å². The van der Waals surface area contributed by atoms with E-state index >= 15 is 0 Å². The third-order valence-electron chi connectivity index (χ3n) is 3.13. The van der Waals surface area contributed by atoms with Crippen LogP contribution < -0.4 is 5.73 Å². The van der Waals surface area contributed by atoms with Gasteiger partial charge in [-0.15, -0.1) is 0 Å². The van der Waals surface area contributed by atoms with Crippen molar-refractivity contribution in [2.45, 2.75) is 23.3 Å². The highest BCUT2D eigenvalue weighted by Gasteiger charge is 2.37. The molecule has 1 saturated heterocycles. The van der Waals surface area contributed by atoms with Crippen LogP contribution in [-0.2, 0) is 14.8 Å². The average Bonchev–Trinajstić information content (AvgIpc) is 2.82. The first-order chi connectivity index (χ1) is 9.77. The summed E-state index contributed by atoms with van der Waals surface area (Å²) in [6.07, 6.45) is -0.608. The molecule has 1 aromatic heterocycles. The molecule has 11 heteroatoms. The first kappa shape index (κ1) is 16.1. The fourth-order valence-electron chi connectivity index (χ4n) is 2.00. The second-order valence-electron chi connectivity index (χ2n) is 4.63. The lowest BCUT2D eigenvalue weighted by Gasteiger charge is -2.35. The summed E-state index contributed by atoms with van der Waals surface area (Å²) in [5.41, 5.74) is 5.07. The monoisotopic (exact) mass is 337 g/mol. The highest BCUT2D eigenvalue weighted by Crippen LogP contribution is 2.36. The van der Waals surface area contributed by atoms with Gasteiger partial charge in [-0.1, -0.05) is 11.3 Å². The van der Waals surface area contributed by atoms with E-state index in [1.165, 1.54) is 4.31 Å². The fraction of sp³-hybridized carbons (Fsp3) is 0.600. The Labute approximate surface area is 125 Å². The SMILES string of the molecule is CC1COC(CO)CN1S(=O)(=O)c1cc([N+](=O)[O-])c(N)s1. The molecule has 9 nitrogen and oxygen atoms in total. The van der Waals surface area contributed by atoms with Crippen molar-refractivity contribution >= 4 is 32.0 Å². The van der Waals surface area contributed by atoms with Gasteiger partial charge in [-0.25, -0.2) is 8.42 Å². The van der Waals surface area contributed by atoms with Crippen LogP contribution in [0, 0.1) is 10.1 Å². The Morgan fingerprint density at radius 2 is 2.33 bits per heavy atom. The number of rotatable bonds is 4. The number of sulfonamides is 1. The molecule has 2 heterocycles. The number of nitro groups is 1. The van der Waals surface area contributed by atoms with Gasteiger partial charge in [0.25, 0.3) is 10.0 Å². The van der Waals surface area contributed by atoms with E-state index in [1.54, 1.807) is 6.92 Å². The Bertz CT molecular complexity index is 643. The van der Waals surface area contributed by atoms with E-state index in [1.807, 2.05) is 0 Å². The van der Waals surface area contributed by atoms with Crippen molar-refractivity contribution in [2.24, 2.45) is 0 Å². The van der Waals surface area contributed by atoms with Crippen LogP contribution in [0.3, 0.4) is 0 Å². The van der Waals surface area contributed by atoms with Gasteiger partial charge in [0.2, 0.25) is 0 Å². The summed E-state index contributed by atoms with van der Waals surface area (Å²) in [5.74, 6) is 0. The van der Waals surface area contributed by atoms with E-state index in [9.17, 15) is 18.5 Å². The molecule has 0 radical (unpaired) electrons. The van der Waals surface area contributed by atoms with Crippen molar-refractivity contribution in [1.82, 2.24) is 4.31 Å². The van der Waals surface area contributed by atoms with E-state index in [0.717, 1.165) is 6.07 Å². The summed E-state index contributed by atoms with van der Waals surface area (Å²) in [6, 6.07) is 0.533. The Kier molecular flexibility index (Phi) is 4.49. The molecule has 0 saturated carbocycles. The van der Waals surface area contributed by atoms with Gasteiger partial charge in [-0.3, -0.25) is 10.1 Å². The first-order valence-corrected chi connectivity index (χ1v) is 8.31. The molecule has 1 aromatic rings. The zero-order valence-corrected chi connectivity index (χ0v) is 12.8. The van der Waals surface area contributed by atoms with Gasteiger partial charge in [0.05, 0.1) is 24.2 Å². The molecule has 1 aliphatic rings. The molecule has 0 amide bonds. The lowest BCUT2D eigenvalue weighted by molar-refractivity contribution is -0.383. The van der Waals surface area contributed by atoms with Crippen molar-refractivity contribution in [1.29, 1.82) is 0 Å². The molecule has 118 valence electrons. The summed E-state index contributed by atoms with van der Waals surface area (Å²) in [4.78, 5) is 10.1. The van der Waals surface area contributed by atoms with Crippen LogP contribution in [0.1, 0.15) is 6.92 Å². The molecule has 0 aromatic carbocycles. The smallest absolute Gasteiger partial charge is 0.304 e. The minimum atomic E-state index is -3.91. The maximum absolute atomic E-state index is 12.6. The maximum Gasteiger partial charge on any atom is 0.304 e. The summed E-state index contributed by atoms with van der Waals surface area (Å²) < 4.78 is 31.4. The molecule has 2 unspecified atom stereocenters. The van der Waals surface area contributed by atoms with Gasteiger partial charge in [0, 0.05) is 18.7 Å². The minimum Gasteiger partial charge on any atom is -0.394 e. The summed E-state index contributed by atoms with van der Waals surface area (Å²) in [6.45, 7) is 1.50. The highest BCUT2D eigenvalue weighted by molar-refractivity contribution is 7.91. The lowest BCUT2D eigenvalue weighted by atomic mass is 10.2. The third-order valence-corrected chi connectivity index (χ3v) is 6.51. The number of nitrogens with two attached hydrogens (primary N) is 1. The molecular weight excluding hydrogens is 322 g/mol. The van der Waals surface area contributed by atoms with Crippen LogP contribution in [0.15, 0.2) is 10.3 Å². The van der Waals surface area contributed by atoms with Crippen LogP contribution >= 0.6 is 11.3 Å². The summed E-state index contributed by atoms with van der Waals surface area (Å²) >= 11 is 0.657. The normalized spacial score (nSPS) is 24.1. The van der Waals surface area contributed by atoms with Crippen LogP contribution in [0.2, 0.25) is 0 Å². The van der Waals surface area contributed by atoms with Gasteiger partial charge in [-0.05, 0) is 6.92 Å². The Morgan fingerprint density at radius 1 is 1.67 bits per heavy atom. The standard InChI is InChI=1S/C10H15N3O6S2/c1-6-5-19-7(4-14)3-12(6)21(17,18)9-2-8(13(15)16)10(11)20-9/h2,6-7,14H,3-5,11H2,1H3. The number of hydrogen-bond donors (Lipinski definition) is 2. The van der Waals surface area contributed by atoms with E-state index in [-0.39, 0.29) is 29.0 Å². The van der Waals surface area contributed by atoms with Crippen LogP contribution in [0.25, 0.3) is 0 Å². The molecule has 21 heavy (non-hydrogen) atoms. The topological polar surface area (TPSA) is 136 Å². The zero-order valence-electron chi connectivity index (χ0n) is 11.1. The fourth-order valence-corrected chi connectivity index (χ4v) is 4.99. The van der Waals surface area contributed by atoms with E-state index < -0.39 is 32.8 Å². The highest BCUT2D eigenvalue weighted by atomic mass is 32.2. The largest absolute Gasteiger partial charge is 0.394 e. The summed E-state index contributed by atoms with van der Waals surface area (Å²) in [5, 5.41) is 19.7. The van der Waals surface area contributed by atoms with Gasteiger partial charge in [-0.2, -0.15) is 4.31 Å². The van der Waals surface area contributed by atoms with Crippen LogP contribution in [-0.4, -0.2) is 54.7 Å². The van der Waals surface area contributed by atoms with Crippen molar-refractivity contribution in [2.75, 3.05) is 25.5 Å². The average molecular weight is 337 g/mol. The predicted molar refractivity (Wildman–Crippen MR) is 75.6 cm³/mol. The molecule has 0 spiro atoms. The molecule has 1 fully saturated rings. The number of anilines is 1. The molecule has 3 N–H and O–H groups in total. The molecule has 2 rings (SSSR count). The Hall–Kier alpha value is -1.27. The van der Waals surface area contributed by atoms with Gasteiger partial charge in [0.15, 0.2) is 5.00 Å². The Balaban J connectivity index is 2.36. The molecule has 0 aliphatic carbocycles. The number of aliphatic hydroxyl groups is 1. The maximum atomic E-state index is 12.6.